The summed E-state index contributed by atoms with van der Waals surface area (Å²) in [5.74, 6) is 1.44. The van der Waals surface area contributed by atoms with Gasteiger partial charge in [-0.05, 0) is 47.5 Å². The zero-order valence-electron chi connectivity index (χ0n) is 13.7. The third-order valence-electron chi connectivity index (χ3n) is 4.24. The van der Waals surface area contributed by atoms with Crippen LogP contribution in [0.4, 0.5) is 0 Å². The molecular formula is C21H20O3. The van der Waals surface area contributed by atoms with Gasteiger partial charge >= 0.3 is 0 Å². The highest BCUT2D eigenvalue weighted by molar-refractivity contribution is 5.49. The quantitative estimate of drug-likeness (QED) is 0.693. The number of benzene rings is 3. The Balaban J connectivity index is 1.96. The Morgan fingerprint density at radius 2 is 1.38 bits per heavy atom. The fourth-order valence-corrected chi connectivity index (χ4v) is 2.64. The first-order valence-corrected chi connectivity index (χ1v) is 7.83. The smallest absolute Gasteiger partial charge is 0.169 e. The zero-order chi connectivity index (χ0) is 17.2. The van der Waals surface area contributed by atoms with Gasteiger partial charge in [-0.25, -0.2) is 0 Å². The first-order chi connectivity index (χ1) is 11.5. The minimum atomic E-state index is -0.295. The van der Waals surface area contributed by atoms with E-state index in [9.17, 15) is 10.2 Å². The predicted molar refractivity (Wildman–Crippen MR) is 94.9 cm³/mol. The maximum Gasteiger partial charge on any atom is 0.169 e. The molecule has 0 aromatic heterocycles. The predicted octanol–water partition coefficient (Wildman–Crippen LogP) is 5.22. The van der Waals surface area contributed by atoms with Gasteiger partial charge in [0.2, 0.25) is 0 Å². The van der Waals surface area contributed by atoms with Crippen molar-refractivity contribution < 1.29 is 14.9 Å². The minimum Gasteiger partial charge on any atom is -0.508 e. The molecular weight excluding hydrogens is 300 g/mol. The van der Waals surface area contributed by atoms with E-state index in [2.05, 4.69) is 13.8 Å². The van der Waals surface area contributed by atoms with Gasteiger partial charge in [-0.15, -0.1) is 0 Å². The Morgan fingerprint density at radius 1 is 0.750 bits per heavy atom. The lowest BCUT2D eigenvalue weighted by atomic mass is 9.78. The third-order valence-corrected chi connectivity index (χ3v) is 4.24. The van der Waals surface area contributed by atoms with Crippen molar-refractivity contribution in [2.24, 2.45) is 0 Å². The summed E-state index contributed by atoms with van der Waals surface area (Å²) in [5.41, 5.74) is 1.78. The van der Waals surface area contributed by atoms with Gasteiger partial charge in [0, 0.05) is 5.41 Å². The van der Waals surface area contributed by atoms with E-state index in [1.807, 2.05) is 54.6 Å². The first kappa shape index (κ1) is 15.9. The molecule has 0 radical (unpaired) electrons. The van der Waals surface area contributed by atoms with Gasteiger partial charge in [0.05, 0.1) is 0 Å². The van der Waals surface area contributed by atoms with Crippen molar-refractivity contribution in [1.82, 2.24) is 0 Å². The van der Waals surface area contributed by atoms with Gasteiger partial charge < -0.3 is 14.9 Å². The van der Waals surface area contributed by atoms with Gasteiger partial charge in [0.15, 0.2) is 11.5 Å². The second-order valence-corrected chi connectivity index (χ2v) is 6.27. The van der Waals surface area contributed by atoms with E-state index in [1.165, 1.54) is 0 Å². The molecule has 122 valence electrons. The van der Waals surface area contributed by atoms with Crippen LogP contribution in [-0.2, 0) is 5.41 Å². The summed E-state index contributed by atoms with van der Waals surface area (Å²) in [6.45, 7) is 4.19. The molecule has 0 unspecified atom stereocenters. The van der Waals surface area contributed by atoms with E-state index < -0.39 is 0 Å². The molecule has 3 nitrogen and oxygen atoms in total. The molecule has 0 saturated carbocycles. The molecule has 0 spiro atoms. The van der Waals surface area contributed by atoms with Crippen molar-refractivity contribution in [2.45, 2.75) is 19.3 Å². The molecule has 0 saturated heterocycles. The van der Waals surface area contributed by atoms with Crippen molar-refractivity contribution in [3.63, 3.8) is 0 Å². The average Bonchev–Trinajstić information content (AvgIpc) is 2.58. The van der Waals surface area contributed by atoms with E-state index in [1.54, 1.807) is 18.2 Å². The second-order valence-electron chi connectivity index (χ2n) is 6.27. The summed E-state index contributed by atoms with van der Waals surface area (Å²) in [7, 11) is 0. The zero-order valence-corrected chi connectivity index (χ0v) is 13.7. The van der Waals surface area contributed by atoms with Gasteiger partial charge in [0.25, 0.3) is 0 Å². The number of ether oxygens (including phenoxy) is 1. The number of rotatable bonds is 4. The molecule has 0 heterocycles. The monoisotopic (exact) mass is 320 g/mol. The van der Waals surface area contributed by atoms with Crippen LogP contribution in [0.3, 0.4) is 0 Å². The van der Waals surface area contributed by atoms with E-state index in [0.717, 1.165) is 11.1 Å². The topological polar surface area (TPSA) is 49.7 Å². The Kier molecular flexibility index (Phi) is 4.17. The number of para-hydroxylation sites is 1. The van der Waals surface area contributed by atoms with Crippen LogP contribution in [0.5, 0.6) is 23.0 Å². The molecule has 3 aromatic carbocycles. The van der Waals surface area contributed by atoms with E-state index >= 15 is 0 Å². The lowest BCUT2D eigenvalue weighted by Crippen LogP contribution is -2.18. The number of phenolic OH excluding ortho intramolecular Hbond substituents is 2. The fourth-order valence-electron chi connectivity index (χ4n) is 2.64. The molecule has 0 aliphatic heterocycles. The van der Waals surface area contributed by atoms with Crippen LogP contribution in [0.2, 0.25) is 0 Å². The molecule has 0 fully saturated rings. The lowest BCUT2D eigenvalue weighted by Gasteiger charge is -2.27. The van der Waals surface area contributed by atoms with Gasteiger partial charge in [0.1, 0.15) is 11.5 Å². The Morgan fingerprint density at radius 3 is 2.04 bits per heavy atom. The maximum absolute atomic E-state index is 10.1. The molecule has 0 amide bonds. The number of aromatic hydroxyl groups is 2. The standard InChI is InChI=1S/C21H20O3/c1-21(2,15-8-11-17(22)12-9-15)16-10-13-19(23)20(14-16)24-18-6-4-3-5-7-18/h3-14,22-23H,1-2H3. The van der Waals surface area contributed by atoms with E-state index in [0.29, 0.717) is 11.5 Å². The average molecular weight is 320 g/mol. The van der Waals surface area contributed by atoms with E-state index in [4.69, 9.17) is 4.74 Å². The number of hydrogen-bond acceptors (Lipinski definition) is 3. The van der Waals surface area contributed by atoms with Crippen molar-refractivity contribution in [1.29, 1.82) is 0 Å². The molecule has 24 heavy (non-hydrogen) atoms. The Hall–Kier alpha value is -2.94. The summed E-state index contributed by atoms with van der Waals surface area (Å²) in [6.07, 6.45) is 0. The molecule has 0 bridgehead atoms. The largest absolute Gasteiger partial charge is 0.508 e. The molecule has 2 N–H and O–H groups in total. The Bertz CT molecular complexity index is 821. The number of hydrogen-bond donors (Lipinski definition) is 2. The van der Waals surface area contributed by atoms with Crippen LogP contribution in [0.1, 0.15) is 25.0 Å². The highest BCUT2D eigenvalue weighted by Crippen LogP contribution is 2.38. The van der Waals surface area contributed by atoms with Crippen molar-refractivity contribution in [3.8, 4) is 23.0 Å². The molecule has 3 rings (SSSR count). The summed E-state index contributed by atoms with van der Waals surface area (Å²) < 4.78 is 5.81. The normalized spacial score (nSPS) is 11.2. The van der Waals surface area contributed by atoms with Crippen LogP contribution in [0, 0.1) is 0 Å². The van der Waals surface area contributed by atoms with Gasteiger partial charge in [-0.3, -0.25) is 0 Å². The summed E-state index contributed by atoms with van der Waals surface area (Å²) >= 11 is 0. The lowest BCUT2D eigenvalue weighted by molar-refractivity contribution is 0.409. The summed E-state index contributed by atoms with van der Waals surface area (Å²) in [5, 5.41) is 19.6. The van der Waals surface area contributed by atoms with Crippen LogP contribution in [0.25, 0.3) is 0 Å². The Labute approximate surface area is 141 Å². The van der Waals surface area contributed by atoms with E-state index in [-0.39, 0.29) is 16.9 Å². The minimum absolute atomic E-state index is 0.101. The molecule has 0 aliphatic rings. The maximum atomic E-state index is 10.1. The second kappa shape index (κ2) is 6.28. The fraction of sp³-hybridized carbons (Fsp3) is 0.143. The third kappa shape index (κ3) is 3.20. The first-order valence-electron chi connectivity index (χ1n) is 7.83. The molecule has 3 aromatic rings. The molecule has 0 aliphatic carbocycles. The van der Waals surface area contributed by atoms with Gasteiger partial charge in [-0.2, -0.15) is 0 Å². The summed E-state index contributed by atoms with van der Waals surface area (Å²) in [4.78, 5) is 0. The highest BCUT2D eigenvalue weighted by Gasteiger charge is 2.24. The van der Waals surface area contributed by atoms with Crippen molar-refractivity contribution in [3.05, 3.63) is 83.9 Å². The van der Waals surface area contributed by atoms with Crippen LogP contribution in [0.15, 0.2) is 72.8 Å². The SMILES string of the molecule is CC(C)(c1ccc(O)cc1)c1ccc(O)c(Oc2ccccc2)c1. The van der Waals surface area contributed by atoms with Crippen LogP contribution >= 0.6 is 0 Å². The molecule has 3 heteroatoms. The van der Waals surface area contributed by atoms with Crippen LogP contribution in [-0.4, -0.2) is 10.2 Å². The molecule has 0 atom stereocenters. The van der Waals surface area contributed by atoms with Crippen LogP contribution < -0.4 is 4.74 Å². The summed E-state index contributed by atoms with van der Waals surface area (Å²) in [6, 6.07) is 21.9. The number of phenols is 2. The van der Waals surface area contributed by atoms with Crippen molar-refractivity contribution in [2.75, 3.05) is 0 Å². The highest BCUT2D eigenvalue weighted by atomic mass is 16.5. The van der Waals surface area contributed by atoms with Crippen molar-refractivity contribution >= 4 is 0 Å². The van der Waals surface area contributed by atoms with Gasteiger partial charge in [-0.1, -0.05) is 50.2 Å².